The molecule has 0 aliphatic carbocycles. The van der Waals surface area contributed by atoms with E-state index < -0.39 is 0 Å². The Morgan fingerprint density at radius 1 is 1.00 bits per heavy atom. The third kappa shape index (κ3) is 4.10. The lowest BCUT2D eigenvalue weighted by Gasteiger charge is -2.22. The van der Waals surface area contributed by atoms with Crippen molar-refractivity contribution < 1.29 is 5.11 Å². The molecule has 74 valence electrons. The van der Waals surface area contributed by atoms with Gasteiger partial charge in [0.15, 0.2) is 0 Å². The van der Waals surface area contributed by atoms with Gasteiger partial charge in [0, 0.05) is 0 Å². The summed E-state index contributed by atoms with van der Waals surface area (Å²) < 4.78 is 0. The van der Waals surface area contributed by atoms with E-state index in [1.165, 1.54) is 6.42 Å². The molecule has 2 atom stereocenters. The highest BCUT2D eigenvalue weighted by Crippen LogP contribution is 2.20. The molecule has 0 heterocycles. The number of aliphatic hydroxyl groups excluding tert-OH is 1. The Labute approximate surface area is 77.2 Å². The fraction of sp³-hybridized carbons (Fsp3) is 1.00. The van der Waals surface area contributed by atoms with Crippen LogP contribution in [0.4, 0.5) is 0 Å². The minimum Gasteiger partial charge on any atom is -0.393 e. The SMILES string of the molecule is CCC(C)CC(O)C(CC)CC. The van der Waals surface area contributed by atoms with Gasteiger partial charge in [-0.3, -0.25) is 0 Å². The minimum absolute atomic E-state index is 0.0741. The quantitative estimate of drug-likeness (QED) is 0.652. The number of hydrogen-bond donors (Lipinski definition) is 1. The third-order valence-electron chi connectivity index (χ3n) is 2.93. The molecule has 0 saturated carbocycles. The lowest BCUT2D eigenvalue weighted by molar-refractivity contribution is 0.0792. The molecule has 0 spiro atoms. The number of hydrogen-bond acceptors (Lipinski definition) is 1. The Morgan fingerprint density at radius 3 is 1.83 bits per heavy atom. The van der Waals surface area contributed by atoms with E-state index in [1.54, 1.807) is 0 Å². The molecule has 0 saturated heterocycles. The first-order valence-corrected chi connectivity index (χ1v) is 5.33. The molecule has 1 heteroatoms. The Morgan fingerprint density at radius 2 is 1.50 bits per heavy atom. The normalized spacial score (nSPS) is 16.5. The van der Waals surface area contributed by atoms with Crippen LogP contribution in [-0.2, 0) is 0 Å². The molecule has 1 N–H and O–H groups in total. The molecule has 0 bridgehead atoms. The van der Waals surface area contributed by atoms with Crippen LogP contribution < -0.4 is 0 Å². The topological polar surface area (TPSA) is 20.2 Å². The van der Waals surface area contributed by atoms with Gasteiger partial charge in [0.05, 0.1) is 6.10 Å². The van der Waals surface area contributed by atoms with Crippen LogP contribution in [0.1, 0.15) is 53.4 Å². The molecule has 0 aliphatic heterocycles. The van der Waals surface area contributed by atoms with Crippen molar-refractivity contribution in [2.24, 2.45) is 11.8 Å². The standard InChI is InChI=1S/C11H24O/c1-5-9(4)8-11(12)10(6-2)7-3/h9-12H,5-8H2,1-4H3. The van der Waals surface area contributed by atoms with E-state index in [-0.39, 0.29) is 6.10 Å². The predicted octanol–water partition coefficient (Wildman–Crippen LogP) is 3.22. The molecule has 12 heavy (non-hydrogen) atoms. The zero-order valence-electron chi connectivity index (χ0n) is 9.01. The van der Waals surface area contributed by atoms with Gasteiger partial charge in [0.2, 0.25) is 0 Å². The maximum atomic E-state index is 9.81. The van der Waals surface area contributed by atoms with Crippen LogP contribution in [0.25, 0.3) is 0 Å². The fourth-order valence-electron chi connectivity index (χ4n) is 1.60. The lowest BCUT2D eigenvalue weighted by Crippen LogP contribution is -2.21. The fourth-order valence-corrected chi connectivity index (χ4v) is 1.60. The first kappa shape index (κ1) is 12.0. The summed E-state index contributed by atoms with van der Waals surface area (Å²) in [7, 11) is 0. The summed E-state index contributed by atoms with van der Waals surface area (Å²) in [4.78, 5) is 0. The number of aliphatic hydroxyl groups is 1. The van der Waals surface area contributed by atoms with E-state index in [2.05, 4.69) is 27.7 Å². The van der Waals surface area contributed by atoms with E-state index in [1.807, 2.05) is 0 Å². The van der Waals surface area contributed by atoms with Crippen LogP contribution in [0.2, 0.25) is 0 Å². The lowest BCUT2D eigenvalue weighted by atomic mass is 9.89. The number of rotatable bonds is 6. The third-order valence-corrected chi connectivity index (χ3v) is 2.93. The van der Waals surface area contributed by atoms with E-state index in [4.69, 9.17) is 0 Å². The van der Waals surface area contributed by atoms with Crippen molar-refractivity contribution in [2.45, 2.75) is 59.5 Å². The van der Waals surface area contributed by atoms with Crippen LogP contribution in [0.15, 0.2) is 0 Å². The van der Waals surface area contributed by atoms with Crippen LogP contribution in [0.3, 0.4) is 0 Å². The zero-order valence-corrected chi connectivity index (χ0v) is 9.01. The summed E-state index contributed by atoms with van der Waals surface area (Å²) in [5, 5.41) is 9.81. The van der Waals surface area contributed by atoms with Gasteiger partial charge in [-0.05, 0) is 18.3 Å². The molecule has 0 aromatic carbocycles. The van der Waals surface area contributed by atoms with E-state index in [0.717, 1.165) is 19.3 Å². The Balaban J connectivity index is 3.75. The van der Waals surface area contributed by atoms with Gasteiger partial charge >= 0.3 is 0 Å². The van der Waals surface area contributed by atoms with E-state index in [0.29, 0.717) is 11.8 Å². The van der Waals surface area contributed by atoms with Crippen molar-refractivity contribution in [1.29, 1.82) is 0 Å². The van der Waals surface area contributed by atoms with Gasteiger partial charge in [-0.25, -0.2) is 0 Å². The molecule has 0 amide bonds. The Hall–Kier alpha value is -0.0400. The average molecular weight is 172 g/mol. The van der Waals surface area contributed by atoms with Crippen molar-refractivity contribution in [3.05, 3.63) is 0 Å². The van der Waals surface area contributed by atoms with Crippen molar-refractivity contribution in [3.8, 4) is 0 Å². The molecule has 2 unspecified atom stereocenters. The monoisotopic (exact) mass is 172 g/mol. The second kappa shape index (κ2) is 6.47. The first-order chi connectivity index (χ1) is 5.65. The molecule has 0 rings (SSSR count). The first-order valence-electron chi connectivity index (χ1n) is 5.33. The second-order valence-electron chi connectivity index (χ2n) is 3.89. The van der Waals surface area contributed by atoms with Crippen LogP contribution >= 0.6 is 0 Å². The Kier molecular flexibility index (Phi) is 6.45. The van der Waals surface area contributed by atoms with Crippen molar-refractivity contribution in [2.75, 3.05) is 0 Å². The smallest absolute Gasteiger partial charge is 0.0570 e. The summed E-state index contributed by atoms with van der Waals surface area (Å²) >= 11 is 0. The molecular formula is C11H24O. The highest BCUT2D eigenvalue weighted by molar-refractivity contribution is 4.68. The maximum absolute atomic E-state index is 9.81. The average Bonchev–Trinajstić information content (AvgIpc) is 2.06. The van der Waals surface area contributed by atoms with E-state index >= 15 is 0 Å². The molecular weight excluding hydrogens is 148 g/mol. The second-order valence-corrected chi connectivity index (χ2v) is 3.89. The molecule has 1 nitrogen and oxygen atoms in total. The van der Waals surface area contributed by atoms with Crippen LogP contribution in [0, 0.1) is 11.8 Å². The predicted molar refractivity (Wildman–Crippen MR) is 54.2 cm³/mol. The summed E-state index contributed by atoms with van der Waals surface area (Å²) in [5.74, 6) is 1.18. The Bertz CT molecular complexity index is 97.2. The highest BCUT2D eigenvalue weighted by atomic mass is 16.3. The van der Waals surface area contributed by atoms with Crippen LogP contribution in [-0.4, -0.2) is 11.2 Å². The van der Waals surface area contributed by atoms with Crippen molar-refractivity contribution in [3.63, 3.8) is 0 Å². The van der Waals surface area contributed by atoms with Crippen molar-refractivity contribution >= 4 is 0 Å². The summed E-state index contributed by atoms with van der Waals surface area (Å²) in [6, 6.07) is 0. The largest absolute Gasteiger partial charge is 0.393 e. The summed E-state index contributed by atoms with van der Waals surface area (Å²) in [5.41, 5.74) is 0. The van der Waals surface area contributed by atoms with Gasteiger partial charge in [0.1, 0.15) is 0 Å². The molecule has 0 aromatic heterocycles. The van der Waals surface area contributed by atoms with Gasteiger partial charge in [-0.15, -0.1) is 0 Å². The van der Waals surface area contributed by atoms with Gasteiger partial charge in [0.25, 0.3) is 0 Å². The van der Waals surface area contributed by atoms with Crippen molar-refractivity contribution in [1.82, 2.24) is 0 Å². The maximum Gasteiger partial charge on any atom is 0.0570 e. The summed E-state index contributed by atoms with van der Waals surface area (Å²) in [6.07, 6.45) is 4.29. The van der Waals surface area contributed by atoms with Gasteiger partial charge in [-0.1, -0.05) is 47.0 Å². The highest BCUT2D eigenvalue weighted by Gasteiger charge is 2.17. The van der Waals surface area contributed by atoms with Crippen LogP contribution in [0.5, 0.6) is 0 Å². The molecule has 0 aliphatic rings. The van der Waals surface area contributed by atoms with E-state index in [9.17, 15) is 5.11 Å². The van der Waals surface area contributed by atoms with Gasteiger partial charge < -0.3 is 5.11 Å². The molecule has 0 radical (unpaired) electrons. The molecule has 0 fully saturated rings. The minimum atomic E-state index is -0.0741. The van der Waals surface area contributed by atoms with Gasteiger partial charge in [-0.2, -0.15) is 0 Å². The molecule has 0 aromatic rings. The summed E-state index contributed by atoms with van der Waals surface area (Å²) in [6.45, 7) is 8.72. The zero-order chi connectivity index (χ0) is 9.56.